The van der Waals surface area contributed by atoms with Crippen molar-refractivity contribution in [1.29, 1.82) is 0 Å². The number of nitrogens with two attached hydrogens (primary N) is 2. The lowest BCUT2D eigenvalue weighted by molar-refractivity contribution is -0.130. The molecule has 0 fully saturated rings. The summed E-state index contributed by atoms with van der Waals surface area (Å²) in [6.07, 6.45) is 1.13. The number of rotatable bonds is 7. The lowest BCUT2D eigenvalue weighted by Gasteiger charge is -2.21. The number of carbonyl (C=O) groups is 2. The molecular formula is C22H31FN4O2. The fourth-order valence-corrected chi connectivity index (χ4v) is 2.60. The van der Waals surface area contributed by atoms with Crippen LogP contribution in [0.2, 0.25) is 0 Å². The minimum absolute atomic E-state index is 0.00514. The van der Waals surface area contributed by atoms with Gasteiger partial charge in [0.25, 0.3) is 5.91 Å². The van der Waals surface area contributed by atoms with Crippen LogP contribution in [0.25, 0.3) is 0 Å². The number of nitrogens with zero attached hydrogens (tertiary/aromatic N) is 1. The van der Waals surface area contributed by atoms with Crippen LogP contribution in [0, 0.1) is 12.7 Å². The van der Waals surface area contributed by atoms with Crippen molar-refractivity contribution in [3.63, 3.8) is 0 Å². The Morgan fingerprint density at radius 2 is 1.76 bits per heavy atom. The van der Waals surface area contributed by atoms with Gasteiger partial charge in [0.2, 0.25) is 5.91 Å². The van der Waals surface area contributed by atoms with Gasteiger partial charge in [0, 0.05) is 37.9 Å². The molecule has 158 valence electrons. The monoisotopic (exact) mass is 402 g/mol. The van der Waals surface area contributed by atoms with Crippen molar-refractivity contribution in [2.45, 2.75) is 26.7 Å². The smallest absolute Gasteiger partial charge is 0.251 e. The number of hydrogen-bond acceptors (Lipinski definition) is 4. The predicted octanol–water partition coefficient (Wildman–Crippen LogP) is 2.50. The van der Waals surface area contributed by atoms with E-state index in [9.17, 15) is 14.0 Å². The molecule has 0 unspecified atom stereocenters. The molecule has 7 heteroatoms. The van der Waals surface area contributed by atoms with E-state index in [4.69, 9.17) is 11.5 Å². The Morgan fingerprint density at radius 3 is 2.28 bits per heavy atom. The van der Waals surface area contributed by atoms with Crippen LogP contribution in [0.15, 0.2) is 42.5 Å². The molecule has 6 nitrogen and oxygen atoms in total. The van der Waals surface area contributed by atoms with E-state index in [0.717, 1.165) is 6.42 Å². The zero-order valence-corrected chi connectivity index (χ0v) is 17.4. The van der Waals surface area contributed by atoms with Crippen molar-refractivity contribution in [1.82, 2.24) is 10.2 Å². The first kappa shape index (κ1) is 24.1. The van der Waals surface area contributed by atoms with Crippen LogP contribution in [0.4, 0.5) is 10.1 Å². The van der Waals surface area contributed by atoms with E-state index in [1.54, 1.807) is 55.3 Å². The van der Waals surface area contributed by atoms with Crippen LogP contribution in [0.3, 0.4) is 0 Å². The van der Waals surface area contributed by atoms with Crippen molar-refractivity contribution in [2.24, 2.45) is 5.73 Å². The van der Waals surface area contributed by atoms with Crippen molar-refractivity contribution >= 4 is 17.5 Å². The van der Waals surface area contributed by atoms with Gasteiger partial charge in [-0.25, -0.2) is 4.39 Å². The van der Waals surface area contributed by atoms with Crippen LogP contribution in [0.5, 0.6) is 0 Å². The molecule has 0 spiro atoms. The topological polar surface area (TPSA) is 101 Å². The van der Waals surface area contributed by atoms with Gasteiger partial charge in [-0.3, -0.25) is 9.59 Å². The molecule has 0 aliphatic heterocycles. The van der Waals surface area contributed by atoms with E-state index in [-0.39, 0.29) is 24.1 Å². The number of nitrogens with one attached hydrogen (secondary N) is 1. The minimum Gasteiger partial charge on any atom is -0.399 e. The highest BCUT2D eigenvalue weighted by Gasteiger charge is 2.13. The first-order valence-electron chi connectivity index (χ1n) is 9.62. The van der Waals surface area contributed by atoms with Crippen LogP contribution >= 0.6 is 0 Å². The second kappa shape index (κ2) is 12.5. The zero-order valence-electron chi connectivity index (χ0n) is 17.4. The Kier molecular flexibility index (Phi) is 10.4. The predicted molar refractivity (Wildman–Crippen MR) is 115 cm³/mol. The molecule has 2 amide bonds. The van der Waals surface area contributed by atoms with Gasteiger partial charge < -0.3 is 21.7 Å². The molecular weight excluding hydrogens is 371 g/mol. The number of halogens is 1. The second-order valence-electron chi connectivity index (χ2n) is 6.63. The van der Waals surface area contributed by atoms with Crippen LogP contribution < -0.4 is 16.8 Å². The van der Waals surface area contributed by atoms with E-state index in [1.165, 1.54) is 6.07 Å². The Hall–Kier alpha value is -2.93. The summed E-state index contributed by atoms with van der Waals surface area (Å²) in [6, 6.07) is 11.7. The van der Waals surface area contributed by atoms with Crippen LogP contribution in [0.1, 0.15) is 34.8 Å². The fraction of sp³-hybridized carbons (Fsp3) is 0.364. The van der Waals surface area contributed by atoms with Crippen LogP contribution in [-0.2, 0) is 11.2 Å². The van der Waals surface area contributed by atoms with Crippen molar-refractivity contribution in [2.75, 3.05) is 32.4 Å². The maximum absolute atomic E-state index is 13.4. The number of aryl methyl sites for hydroxylation is 1. The highest BCUT2D eigenvalue weighted by atomic mass is 19.1. The highest BCUT2D eigenvalue weighted by Crippen LogP contribution is 2.11. The van der Waals surface area contributed by atoms with Crippen molar-refractivity contribution < 1.29 is 14.0 Å². The number of carbonyl (C=O) groups excluding carboxylic acids is 2. The van der Waals surface area contributed by atoms with Gasteiger partial charge in [-0.1, -0.05) is 19.1 Å². The van der Waals surface area contributed by atoms with Crippen LogP contribution in [-0.4, -0.2) is 43.4 Å². The second-order valence-corrected chi connectivity index (χ2v) is 6.63. The Balaban J connectivity index is 0.000000326. The van der Waals surface area contributed by atoms with Gasteiger partial charge >= 0.3 is 0 Å². The third-order valence-electron chi connectivity index (χ3n) is 4.24. The number of hydrogen-bond donors (Lipinski definition) is 3. The maximum atomic E-state index is 13.4. The average Bonchev–Trinajstić information content (AvgIpc) is 2.71. The third kappa shape index (κ3) is 8.31. The lowest BCUT2D eigenvalue weighted by Crippen LogP contribution is -2.36. The Bertz CT molecular complexity index is 788. The average molecular weight is 403 g/mol. The summed E-state index contributed by atoms with van der Waals surface area (Å²) >= 11 is 0. The van der Waals surface area contributed by atoms with E-state index < -0.39 is 0 Å². The summed E-state index contributed by atoms with van der Waals surface area (Å²) < 4.78 is 13.4. The molecule has 0 saturated heterocycles. The number of amides is 2. The number of anilines is 1. The molecule has 0 saturated carbocycles. The van der Waals surface area contributed by atoms with Gasteiger partial charge in [0.1, 0.15) is 5.82 Å². The standard InChI is InChI=1S/C14H21FN2O.C8H10N2O/c1-3-7-17(8-6-16)14(18)10-12-5-4-11(2)13(15)9-12;1-10-8(11)6-2-4-7(9)5-3-6/h4-5,9H,3,6-8,10,16H2,1-2H3;2-5H,9H2,1H3,(H,10,11). The normalized spacial score (nSPS) is 9.97. The summed E-state index contributed by atoms with van der Waals surface area (Å²) in [7, 11) is 1.60. The number of nitrogen functional groups attached to an aromatic ring is 1. The molecule has 0 aliphatic carbocycles. The SMILES string of the molecule is CCCN(CCN)C(=O)Cc1ccc(C)c(F)c1.CNC(=O)c1ccc(N)cc1. The van der Waals surface area contributed by atoms with Gasteiger partial charge in [-0.05, 0) is 54.8 Å². The summed E-state index contributed by atoms with van der Waals surface area (Å²) in [5, 5.41) is 2.52. The first-order chi connectivity index (χ1) is 13.8. The molecule has 29 heavy (non-hydrogen) atoms. The van der Waals surface area contributed by atoms with Gasteiger partial charge in [0.15, 0.2) is 0 Å². The van der Waals surface area contributed by atoms with Crippen molar-refractivity contribution in [3.05, 3.63) is 65.0 Å². The zero-order chi connectivity index (χ0) is 21.8. The summed E-state index contributed by atoms with van der Waals surface area (Å²) in [5.41, 5.74) is 13.5. The molecule has 2 aromatic carbocycles. The molecule has 0 radical (unpaired) electrons. The van der Waals surface area contributed by atoms with E-state index >= 15 is 0 Å². The van der Waals surface area contributed by atoms with Gasteiger partial charge in [0.05, 0.1) is 6.42 Å². The highest BCUT2D eigenvalue weighted by molar-refractivity contribution is 5.94. The Labute approximate surface area is 172 Å². The van der Waals surface area contributed by atoms with Gasteiger partial charge in [-0.15, -0.1) is 0 Å². The van der Waals surface area contributed by atoms with Crippen molar-refractivity contribution in [3.8, 4) is 0 Å². The molecule has 0 heterocycles. The third-order valence-corrected chi connectivity index (χ3v) is 4.24. The molecule has 0 atom stereocenters. The fourth-order valence-electron chi connectivity index (χ4n) is 2.60. The molecule has 0 bridgehead atoms. The largest absolute Gasteiger partial charge is 0.399 e. The summed E-state index contributed by atoms with van der Waals surface area (Å²) in [6.45, 7) is 5.43. The maximum Gasteiger partial charge on any atom is 0.251 e. The van der Waals surface area contributed by atoms with E-state index in [0.29, 0.717) is 42.0 Å². The minimum atomic E-state index is -0.263. The molecule has 2 rings (SSSR count). The van der Waals surface area contributed by atoms with E-state index in [2.05, 4.69) is 5.32 Å². The molecule has 0 aliphatic rings. The summed E-state index contributed by atoms with van der Waals surface area (Å²) in [5.74, 6) is -0.350. The molecule has 2 aromatic rings. The van der Waals surface area contributed by atoms with E-state index in [1.807, 2.05) is 6.92 Å². The first-order valence-corrected chi connectivity index (χ1v) is 9.62. The lowest BCUT2D eigenvalue weighted by atomic mass is 10.1. The molecule has 5 N–H and O–H groups in total. The Morgan fingerprint density at radius 1 is 1.10 bits per heavy atom. The molecule has 0 aromatic heterocycles. The number of benzene rings is 2. The summed E-state index contributed by atoms with van der Waals surface area (Å²) in [4.78, 5) is 24.7. The van der Waals surface area contributed by atoms with Gasteiger partial charge in [-0.2, -0.15) is 0 Å². The quantitative estimate of drug-likeness (QED) is 0.619.